The third-order valence-corrected chi connectivity index (χ3v) is 6.08. The van der Waals surface area contributed by atoms with Crippen molar-refractivity contribution in [1.82, 2.24) is 5.32 Å². The zero-order valence-corrected chi connectivity index (χ0v) is 21.5. The fourth-order valence-electron chi connectivity index (χ4n) is 4.97. The summed E-state index contributed by atoms with van der Waals surface area (Å²) in [6.07, 6.45) is 6.43. The zero-order valence-electron chi connectivity index (χ0n) is 20.8. The number of allylic oxidation sites excluding steroid dienone is 1. The summed E-state index contributed by atoms with van der Waals surface area (Å²) in [7, 11) is 0. The van der Waals surface area contributed by atoms with Crippen LogP contribution in [0.25, 0.3) is 0 Å². The van der Waals surface area contributed by atoms with Crippen LogP contribution in [0.5, 0.6) is 17.2 Å². The van der Waals surface area contributed by atoms with Crippen LogP contribution in [0.2, 0.25) is 5.02 Å². The van der Waals surface area contributed by atoms with E-state index in [4.69, 9.17) is 26.8 Å². The van der Waals surface area contributed by atoms with E-state index in [0.29, 0.717) is 51.6 Å². The Morgan fingerprint density at radius 2 is 1.94 bits per heavy atom. The smallest absolute Gasteiger partial charge is 0.146 e. The summed E-state index contributed by atoms with van der Waals surface area (Å²) in [5.41, 5.74) is 7.07. The van der Waals surface area contributed by atoms with Crippen LogP contribution in [0.3, 0.4) is 0 Å². The highest BCUT2D eigenvalue weighted by molar-refractivity contribution is 6.32. The van der Waals surface area contributed by atoms with Crippen LogP contribution in [-0.2, 0) is 0 Å². The quantitative estimate of drug-likeness (QED) is 0.419. The van der Waals surface area contributed by atoms with Gasteiger partial charge in [-0.3, -0.25) is 4.99 Å². The van der Waals surface area contributed by atoms with Crippen molar-refractivity contribution in [2.24, 2.45) is 16.6 Å². The summed E-state index contributed by atoms with van der Waals surface area (Å²) in [6, 6.07) is 12.8. The van der Waals surface area contributed by atoms with Crippen molar-refractivity contribution in [3.63, 3.8) is 0 Å². The first-order valence-corrected chi connectivity index (χ1v) is 12.0. The summed E-state index contributed by atoms with van der Waals surface area (Å²) in [4.78, 5) is 4.21. The van der Waals surface area contributed by atoms with Crippen LogP contribution < -0.4 is 20.5 Å². The molecule has 2 aromatic carbocycles. The molecule has 184 valence electrons. The number of ether oxygens (including phenoxy) is 2. The van der Waals surface area contributed by atoms with E-state index in [0.717, 1.165) is 12.8 Å². The van der Waals surface area contributed by atoms with Gasteiger partial charge in [0.05, 0.1) is 17.3 Å². The molecular formula is C28H33ClN4O2. The minimum Gasteiger partial charge on any atom is -0.493 e. The lowest BCUT2D eigenvalue weighted by molar-refractivity contribution is 0.0935. The third kappa shape index (κ3) is 6.88. The lowest BCUT2D eigenvalue weighted by Gasteiger charge is -2.46. The molecule has 1 heterocycles. The molecule has 0 atom stereocenters. The molecule has 0 spiro atoms. The van der Waals surface area contributed by atoms with Crippen molar-refractivity contribution in [2.45, 2.75) is 51.6 Å². The zero-order chi connectivity index (χ0) is 25.6. The average Bonchev–Trinajstić information content (AvgIpc) is 2.77. The molecule has 1 aliphatic rings. The molecule has 1 aliphatic heterocycles. The molecule has 3 N–H and O–H groups in total. The van der Waals surface area contributed by atoms with Gasteiger partial charge in [0.25, 0.3) is 0 Å². The summed E-state index contributed by atoms with van der Waals surface area (Å²) < 4.78 is 12.1. The second-order valence-corrected chi connectivity index (χ2v) is 10.4. The van der Waals surface area contributed by atoms with Crippen LogP contribution in [0.15, 0.2) is 66.4 Å². The van der Waals surface area contributed by atoms with Crippen LogP contribution in [0.4, 0.5) is 0 Å². The molecule has 0 saturated carbocycles. The number of hydrogen-bond acceptors (Lipinski definition) is 6. The van der Waals surface area contributed by atoms with Gasteiger partial charge in [0.1, 0.15) is 28.9 Å². The fourth-order valence-corrected chi connectivity index (χ4v) is 5.18. The molecule has 0 amide bonds. The maximum Gasteiger partial charge on any atom is 0.146 e. The highest BCUT2D eigenvalue weighted by Crippen LogP contribution is 2.36. The molecular weight excluding hydrogens is 460 g/mol. The predicted molar refractivity (Wildman–Crippen MR) is 142 cm³/mol. The summed E-state index contributed by atoms with van der Waals surface area (Å²) in [5, 5.41) is 13.9. The molecule has 6 nitrogen and oxygen atoms in total. The summed E-state index contributed by atoms with van der Waals surface area (Å²) >= 11 is 6.53. The van der Waals surface area contributed by atoms with Crippen molar-refractivity contribution in [3.8, 4) is 23.3 Å². The van der Waals surface area contributed by atoms with Crippen LogP contribution in [0.1, 0.15) is 51.7 Å². The highest BCUT2D eigenvalue weighted by Gasteiger charge is 2.37. The number of benzene rings is 2. The number of nitrogens with two attached hydrogens (primary N) is 1. The third-order valence-electron chi connectivity index (χ3n) is 5.78. The van der Waals surface area contributed by atoms with E-state index >= 15 is 0 Å². The number of nitrogens with zero attached hydrogens (tertiary/aromatic N) is 2. The lowest BCUT2D eigenvalue weighted by Crippen LogP contribution is -2.58. The van der Waals surface area contributed by atoms with Crippen molar-refractivity contribution in [2.75, 3.05) is 6.61 Å². The Hall–Kier alpha value is -3.27. The van der Waals surface area contributed by atoms with E-state index in [1.807, 2.05) is 6.07 Å². The second-order valence-electron chi connectivity index (χ2n) is 10.0. The van der Waals surface area contributed by atoms with Crippen molar-refractivity contribution >= 4 is 17.3 Å². The molecule has 7 heteroatoms. The molecule has 0 unspecified atom stereocenters. The molecule has 0 bridgehead atoms. The number of nitriles is 1. The van der Waals surface area contributed by atoms with Crippen molar-refractivity contribution in [3.05, 3.63) is 77.6 Å². The van der Waals surface area contributed by atoms with E-state index in [9.17, 15) is 5.26 Å². The molecule has 35 heavy (non-hydrogen) atoms. The van der Waals surface area contributed by atoms with Gasteiger partial charge in [-0.15, -0.1) is 0 Å². The van der Waals surface area contributed by atoms with Gasteiger partial charge in [-0.2, -0.15) is 5.26 Å². The first-order chi connectivity index (χ1) is 16.6. The maximum absolute atomic E-state index is 9.82. The summed E-state index contributed by atoms with van der Waals surface area (Å²) in [5.74, 6) is 1.90. The van der Waals surface area contributed by atoms with Gasteiger partial charge in [0, 0.05) is 28.9 Å². The molecule has 1 saturated heterocycles. The van der Waals surface area contributed by atoms with E-state index in [2.05, 4.69) is 50.7 Å². The van der Waals surface area contributed by atoms with Gasteiger partial charge in [-0.1, -0.05) is 30.3 Å². The Morgan fingerprint density at radius 1 is 1.23 bits per heavy atom. The monoisotopic (exact) mass is 492 g/mol. The minimum atomic E-state index is 0.0638. The van der Waals surface area contributed by atoms with Crippen LogP contribution in [-0.4, -0.2) is 23.4 Å². The van der Waals surface area contributed by atoms with E-state index in [1.165, 1.54) is 12.4 Å². The van der Waals surface area contributed by atoms with Gasteiger partial charge < -0.3 is 20.5 Å². The number of aliphatic imine (C=N–C) groups is 1. The van der Waals surface area contributed by atoms with Gasteiger partial charge in [0.15, 0.2) is 0 Å². The Morgan fingerprint density at radius 3 is 2.54 bits per heavy atom. The first-order valence-electron chi connectivity index (χ1n) is 11.6. The number of hydrogen-bond donors (Lipinski definition) is 2. The molecule has 3 rings (SSSR count). The molecule has 0 aliphatic carbocycles. The maximum atomic E-state index is 9.82. The first kappa shape index (κ1) is 26.3. The molecule has 1 fully saturated rings. The molecule has 0 radical (unpaired) electrons. The van der Waals surface area contributed by atoms with Crippen molar-refractivity contribution in [1.29, 1.82) is 5.26 Å². The predicted octanol–water partition coefficient (Wildman–Crippen LogP) is 6.34. The number of rotatable bonds is 8. The van der Waals surface area contributed by atoms with Gasteiger partial charge in [0.2, 0.25) is 0 Å². The highest BCUT2D eigenvalue weighted by atomic mass is 35.5. The van der Waals surface area contributed by atoms with E-state index < -0.39 is 0 Å². The standard InChI is InChI=1S/C28H33ClN4O2/c1-6-32-24(12-13-30)21-8-7-9-25(22(21)17-31)35-26-11-10-20(14-23(26)29)34-18-19-15-27(2,3)33-28(4,5)16-19/h6-14,19,33H,1,15-16,18,30H2,2-5H3/b13-12-,32-24+. The fraction of sp³-hybridized carbons (Fsp3) is 0.357. The van der Waals surface area contributed by atoms with Gasteiger partial charge >= 0.3 is 0 Å². The van der Waals surface area contributed by atoms with Gasteiger partial charge in [-0.05, 0) is 76.9 Å². The SMILES string of the molecule is C=C/N=C(\C=C/N)c1cccc(Oc2ccc(OCC3CC(C)(C)NC(C)(C)C3)cc2Cl)c1C#N. The Balaban J connectivity index is 1.77. The Bertz CT molecular complexity index is 1160. The second kappa shape index (κ2) is 11.0. The normalized spacial score (nSPS) is 17.7. The topological polar surface area (TPSA) is 92.7 Å². The largest absolute Gasteiger partial charge is 0.493 e. The molecule has 2 aromatic rings. The summed E-state index contributed by atoms with van der Waals surface area (Å²) in [6.45, 7) is 13.2. The van der Waals surface area contributed by atoms with Crippen LogP contribution in [0, 0.1) is 17.2 Å². The van der Waals surface area contributed by atoms with Crippen LogP contribution >= 0.6 is 11.6 Å². The van der Waals surface area contributed by atoms with Gasteiger partial charge in [-0.25, -0.2) is 0 Å². The van der Waals surface area contributed by atoms with E-state index in [-0.39, 0.29) is 11.1 Å². The minimum absolute atomic E-state index is 0.0638. The number of halogens is 1. The number of nitrogens with one attached hydrogen (secondary N) is 1. The number of piperidine rings is 1. The molecule has 0 aromatic heterocycles. The average molecular weight is 493 g/mol. The lowest BCUT2D eigenvalue weighted by atomic mass is 9.76. The van der Waals surface area contributed by atoms with Crippen molar-refractivity contribution < 1.29 is 9.47 Å². The van der Waals surface area contributed by atoms with E-state index in [1.54, 1.807) is 36.4 Å². The Kier molecular flexibility index (Phi) is 8.26. The Labute approximate surface area is 213 Å².